The van der Waals surface area contributed by atoms with Gasteiger partial charge in [-0.15, -0.1) is 0 Å². The summed E-state index contributed by atoms with van der Waals surface area (Å²) in [5.41, 5.74) is 4.73. The van der Waals surface area contributed by atoms with E-state index in [1.54, 1.807) is 17.2 Å². The largest absolute Gasteiger partial charge is 0.467 e. The number of benzene rings is 2. The molecule has 6 heteroatoms. The molecule has 2 heterocycles. The van der Waals surface area contributed by atoms with E-state index < -0.39 is 6.04 Å². The fraction of sp³-hybridized carbons (Fsp3) is 0.200. The molecule has 2 aromatic carbocycles. The molecule has 0 saturated heterocycles. The second kappa shape index (κ2) is 7.80. The van der Waals surface area contributed by atoms with Gasteiger partial charge in [0.2, 0.25) is 0 Å². The lowest BCUT2D eigenvalue weighted by Gasteiger charge is -2.32. The average molecular weight is 413 g/mol. The first-order valence-electron chi connectivity index (χ1n) is 10.4. The van der Waals surface area contributed by atoms with Crippen molar-refractivity contribution in [3.8, 4) is 0 Å². The van der Waals surface area contributed by atoms with Crippen LogP contribution in [0.1, 0.15) is 36.6 Å². The molecule has 0 radical (unpaired) electrons. The molecule has 6 nitrogen and oxygen atoms in total. The number of aryl methyl sites for hydroxylation is 1. The summed E-state index contributed by atoms with van der Waals surface area (Å²) in [6.07, 6.45) is 3.57. The second-order valence-electron chi connectivity index (χ2n) is 7.90. The minimum atomic E-state index is -0.653. The molecule has 156 valence electrons. The van der Waals surface area contributed by atoms with Gasteiger partial charge in [0.15, 0.2) is 5.78 Å². The number of carbonyl (C=O) groups excluding carboxylic acids is 2. The highest BCUT2D eigenvalue weighted by Crippen LogP contribution is 2.45. The van der Waals surface area contributed by atoms with E-state index in [1.165, 1.54) is 0 Å². The average Bonchev–Trinajstić information content (AvgIpc) is 3.25. The van der Waals surface area contributed by atoms with Crippen molar-refractivity contribution in [1.82, 2.24) is 0 Å². The van der Waals surface area contributed by atoms with Crippen LogP contribution in [0.4, 0.5) is 21.9 Å². The summed E-state index contributed by atoms with van der Waals surface area (Å²) in [7, 11) is 0. The van der Waals surface area contributed by atoms with Gasteiger partial charge >= 0.3 is 6.03 Å². The van der Waals surface area contributed by atoms with Crippen molar-refractivity contribution < 1.29 is 14.0 Å². The molecule has 31 heavy (non-hydrogen) atoms. The molecule has 0 bridgehead atoms. The first-order chi connectivity index (χ1) is 15.1. The SMILES string of the molecule is Cc1ccc(NC(=O)N2c3ccccc3NC3=C(C(=O)CCC3)C2c2ccco2)cc1. The van der Waals surface area contributed by atoms with Gasteiger partial charge in [-0.3, -0.25) is 9.69 Å². The third-order valence-electron chi connectivity index (χ3n) is 5.77. The standard InChI is InChI=1S/C25H23N3O3/c1-16-11-13-17(14-12-16)26-25(30)28-20-8-3-2-6-18(20)27-19-7-4-9-21(29)23(19)24(28)22-10-5-15-31-22/h2-3,5-6,8,10-15,24,27H,4,7,9H2,1H3,(H,26,30). The third-order valence-corrected chi connectivity index (χ3v) is 5.77. The fourth-order valence-electron chi connectivity index (χ4n) is 4.29. The number of urea groups is 1. The maximum Gasteiger partial charge on any atom is 0.327 e. The Kier molecular flexibility index (Phi) is 4.82. The van der Waals surface area contributed by atoms with E-state index in [2.05, 4.69) is 10.6 Å². The normalized spacial score (nSPS) is 18.0. The van der Waals surface area contributed by atoms with Crippen molar-refractivity contribution in [2.24, 2.45) is 0 Å². The topological polar surface area (TPSA) is 74.6 Å². The molecule has 0 spiro atoms. The van der Waals surface area contributed by atoms with Crippen molar-refractivity contribution in [3.63, 3.8) is 0 Å². The van der Waals surface area contributed by atoms with Gasteiger partial charge < -0.3 is 15.1 Å². The Bertz CT molecular complexity index is 1160. The van der Waals surface area contributed by atoms with Crippen molar-refractivity contribution in [2.45, 2.75) is 32.2 Å². The van der Waals surface area contributed by atoms with Crippen molar-refractivity contribution >= 4 is 28.9 Å². The monoisotopic (exact) mass is 413 g/mol. The highest BCUT2D eigenvalue weighted by molar-refractivity contribution is 6.09. The van der Waals surface area contributed by atoms with Crippen LogP contribution in [-0.4, -0.2) is 11.8 Å². The number of para-hydroxylation sites is 2. The number of hydrogen-bond donors (Lipinski definition) is 2. The predicted molar refractivity (Wildman–Crippen MR) is 120 cm³/mol. The van der Waals surface area contributed by atoms with Crippen molar-refractivity contribution in [2.75, 3.05) is 15.5 Å². The Morgan fingerprint density at radius 3 is 2.65 bits per heavy atom. The molecule has 2 aliphatic rings. The zero-order chi connectivity index (χ0) is 21.4. The minimum Gasteiger partial charge on any atom is -0.467 e. The minimum absolute atomic E-state index is 0.0380. The smallest absolute Gasteiger partial charge is 0.327 e. The molecule has 0 fully saturated rings. The molecule has 0 saturated carbocycles. The van der Waals surface area contributed by atoms with E-state index >= 15 is 0 Å². The number of carbonyl (C=O) groups is 2. The summed E-state index contributed by atoms with van der Waals surface area (Å²) in [6.45, 7) is 2.00. The number of Topliss-reactive ketones (excluding diaryl/α,β-unsaturated/α-hetero) is 1. The van der Waals surface area contributed by atoms with Crippen LogP contribution in [0.2, 0.25) is 0 Å². The molecule has 1 aliphatic heterocycles. The van der Waals surface area contributed by atoms with Crippen LogP contribution >= 0.6 is 0 Å². The summed E-state index contributed by atoms with van der Waals surface area (Å²) in [5.74, 6) is 0.594. The number of allylic oxidation sites excluding steroid dienone is 1. The Labute approximate surface area is 180 Å². The van der Waals surface area contributed by atoms with Gasteiger partial charge in [0.1, 0.15) is 11.8 Å². The maximum absolute atomic E-state index is 13.7. The van der Waals surface area contributed by atoms with E-state index in [1.807, 2.05) is 61.5 Å². The number of amides is 2. The lowest BCUT2D eigenvalue weighted by molar-refractivity contribution is -0.116. The molecular weight excluding hydrogens is 390 g/mol. The first-order valence-corrected chi connectivity index (χ1v) is 10.4. The van der Waals surface area contributed by atoms with E-state index in [9.17, 15) is 9.59 Å². The molecule has 3 aromatic rings. The summed E-state index contributed by atoms with van der Waals surface area (Å²) >= 11 is 0. The molecule has 2 N–H and O–H groups in total. The molecule has 1 atom stereocenters. The second-order valence-corrected chi connectivity index (χ2v) is 7.90. The van der Waals surface area contributed by atoms with Gasteiger partial charge in [0.25, 0.3) is 0 Å². The number of anilines is 3. The van der Waals surface area contributed by atoms with Gasteiger partial charge in [-0.05, 0) is 56.2 Å². The summed E-state index contributed by atoms with van der Waals surface area (Å²) in [5, 5.41) is 6.43. The van der Waals surface area contributed by atoms with Gasteiger partial charge in [0.05, 0.1) is 17.6 Å². The quantitative estimate of drug-likeness (QED) is 0.557. The van der Waals surface area contributed by atoms with Crippen LogP contribution < -0.4 is 15.5 Å². The van der Waals surface area contributed by atoms with E-state index in [0.717, 1.165) is 29.8 Å². The highest BCUT2D eigenvalue weighted by atomic mass is 16.3. The Balaban J connectivity index is 1.66. The number of nitrogens with one attached hydrogen (secondary N) is 2. The van der Waals surface area contributed by atoms with Gasteiger partial charge in [-0.1, -0.05) is 29.8 Å². The van der Waals surface area contributed by atoms with Crippen molar-refractivity contribution in [3.05, 3.63) is 89.5 Å². The zero-order valence-corrected chi connectivity index (χ0v) is 17.2. The lowest BCUT2D eigenvalue weighted by atomic mass is 9.88. The Morgan fingerprint density at radius 1 is 1.06 bits per heavy atom. The van der Waals surface area contributed by atoms with Crippen LogP contribution in [0, 0.1) is 6.92 Å². The van der Waals surface area contributed by atoms with Gasteiger partial charge in [-0.2, -0.15) is 0 Å². The molecule has 1 aromatic heterocycles. The number of hydrogen-bond acceptors (Lipinski definition) is 4. The molecule has 5 rings (SSSR count). The summed E-state index contributed by atoms with van der Waals surface area (Å²) in [6, 6.07) is 17.9. The number of rotatable bonds is 2. The first kappa shape index (κ1) is 19.2. The fourth-order valence-corrected chi connectivity index (χ4v) is 4.29. The van der Waals surface area contributed by atoms with Gasteiger partial charge in [0, 0.05) is 23.4 Å². The summed E-state index contributed by atoms with van der Waals surface area (Å²) in [4.78, 5) is 28.4. The van der Waals surface area contributed by atoms with Gasteiger partial charge in [-0.25, -0.2) is 4.79 Å². The van der Waals surface area contributed by atoms with Crippen LogP contribution in [-0.2, 0) is 4.79 Å². The number of furan rings is 1. The van der Waals surface area contributed by atoms with Crippen LogP contribution in [0.5, 0.6) is 0 Å². The van der Waals surface area contributed by atoms with E-state index in [4.69, 9.17) is 4.42 Å². The predicted octanol–water partition coefficient (Wildman–Crippen LogP) is 5.80. The zero-order valence-electron chi connectivity index (χ0n) is 17.2. The number of nitrogens with zero attached hydrogens (tertiary/aromatic N) is 1. The summed E-state index contributed by atoms with van der Waals surface area (Å²) < 4.78 is 5.75. The number of ketones is 1. The molecular formula is C25H23N3O3. The number of fused-ring (bicyclic) bond motifs is 1. The molecule has 2 amide bonds. The highest BCUT2D eigenvalue weighted by Gasteiger charge is 2.40. The molecule has 1 aliphatic carbocycles. The molecule has 1 unspecified atom stereocenters. The van der Waals surface area contributed by atoms with E-state index in [0.29, 0.717) is 29.1 Å². The Morgan fingerprint density at radius 2 is 1.87 bits per heavy atom. The van der Waals surface area contributed by atoms with Crippen molar-refractivity contribution in [1.29, 1.82) is 0 Å². The van der Waals surface area contributed by atoms with Crippen LogP contribution in [0.25, 0.3) is 0 Å². The Hall–Kier alpha value is -3.80. The van der Waals surface area contributed by atoms with Crippen LogP contribution in [0.15, 0.2) is 82.6 Å². The van der Waals surface area contributed by atoms with Crippen LogP contribution in [0.3, 0.4) is 0 Å². The van der Waals surface area contributed by atoms with E-state index in [-0.39, 0.29) is 11.8 Å². The lowest BCUT2D eigenvalue weighted by Crippen LogP contribution is -2.40. The maximum atomic E-state index is 13.7. The third kappa shape index (κ3) is 3.50.